The number of rotatable bonds is 34. The lowest BCUT2D eigenvalue weighted by Crippen LogP contribution is -2.46. The molecule has 402 valence electrons. The van der Waals surface area contributed by atoms with Gasteiger partial charge in [0.05, 0.1) is 33.8 Å². The normalized spacial score (nSPS) is 20.0. The SMILES string of the molecule is CC/C=C/C/C=C/C/C=C/C/C=C/C/C=C/CCCC(=O)CC(=O)SCCNC(=O)CCNC(=O)C(O)C(C)(C)COP(=O)([O-])OP(=O)([O-])OCC1OC(n2cnc3c(N)ncnc32)C(O)C1OP(=O)([O-])[O-]. The highest BCUT2D eigenvalue weighted by Crippen LogP contribution is 2.56. The van der Waals surface area contributed by atoms with Gasteiger partial charge in [-0.25, -0.2) is 19.3 Å². The van der Waals surface area contributed by atoms with Crippen molar-refractivity contribution in [2.45, 2.75) is 116 Å². The maximum Gasteiger partial charge on any atom is 0.274 e. The molecule has 3 rings (SSSR count). The molecule has 1 saturated heterocycles. The molecular formula is C43H62N7O18P3S-4. The van der Waals surface area contributed by atoms with Crippen LogP contribution in [0.25, 0.3) is 11.2 Å². The molecule has 3 heterocycles. The van der Waals surface area contributed by atoms with Gasteiger partial charge < -0.3 is 69.0 Å². The van der Waals surface area contributed by atoms with E-state index in [2.05, 4.69) is 99.0 Å². The first-order chi connectivity index (χ1) is 33.9. The van der Waals surface area contributed by atoms with Crippen molar-refractivity contribution >= 4 is 74.9 Å². The first-order valence-electron chi connectivity index (χ1n) is 22.7. The molecule has 1 fully saturated rings. The van der Waals surface area contributed by atoms with E-state index in [1.807, 2.05) is 12.2 Å². The molecule has 2 aromatic heterocycles. The van der Waals surface area contributed by atoms with Crippen LogP contribution in [-0.4, -0.2) is 109 Å². The first-order valence-corrected chi connectivity index (χ1v) is 28.1. The number of hydrogen-bond acceptors (Lipinski definition) is 23. The average Bonchev–Trinajstić information content (AvgIpc) is 3.86. The molecule has 6 N–H and O–H groups in total. The number of unbranched alkanes of at least 4 members (excludes halogenated alkanes) is 1. The summed E-state index contributed by atoms with van der Waals surface area (Å²) >= 11 is 0.899. The molecule has 25 nitrogen and oxygen atoms in total. The zero-order valence-corrected chi connectivity index (χ0v) is 43.5. The standard InChI is InChI=1S/C43H66N7O18P3S/c1-4-5-6-7-8-9-10-11-12-13-14-15-16-17-18-19-20-21-31(51)26-34(53)72-25-24-45-33(52)22-23-46-41(56)38(55)43(2,3)28-65-71(62,63)68-70(60,61)64-27-32-37(67-69(57,58)59)36(54)42(66-32)50-30-49-35-39(44)47-29-48-40(35)50/h5-6,8-9,11-12,14-15,17-18,29-30,32,36-38,42,54-55H,4,7,10,13,16,19-28H2,1-3H3,(H,45,52)(H,46,56)(H,60,61)(H,62,63)(H2,44,47,48)(H2,57,58,59)/p-4/b6-5+,9-8+,12-11+,15-14+,18-17+. The minimum Gasteiger partial charge on any atom is -0.790 e. The number of imidazole rings is 1. The fourth-order valence-corrected chi connectivity index (χ4v) is 9.79. The van der Waals surface area contributed by atoms with Gasteiger partial charge in [0.2, 0.25) is 11.8 Å². The van der Waals surface area contributed by atoms with Gasteiger partial charge in [-0.1, -0.05) is 93.3 Å². The Morgan fingerprint density at radius 2 is 1.50 bits per heavy atom. The number of aliphatic hydroxyl groups excluding tert-OH is 2. The number of nitrogens with zero attached hydrogens (tertiary/aromatic N) is 4. The third-order valence-corrected chi connectivity index (χ3v) is 14.0. The van der Waals surface area contributed by atoms with Gasteiger partial charge in [0.1, 0.15) is 42.0 Å². The van der Waals surface area contributed by atoms with Crippen LogP contribution in [0.3, 0.4) is 0 Å². The average molecular weight is 1090 g/mol. The number of nitrogen functional groups attached to an aromatic ring is 1. The Kier molecular flexibility index (Phi) is 26.8. The number of aliphatic hydroxyl groups is 2. The van der Waals surface area contributed by atoms with E-state index in [4.69, 9.17) is 10.5 Å². The van der Waals surface area contributed by atoms with Gasteiger partial charge >= 0.3 is 0 Å². The van der Waals surface area contributed by atoms with E-state index in [0.717, 1.165) is 61.1 Å². The second-order valence-corrected chi connectivity index (χ2v) is 21.7. The van der Waals surface area contributed by atoms with Gasteiger partial charge in [-0.15, -0.1) is 0 Å². The van der Waals surface area contributed by atoms with Crippen LogP contribution in [0.5, 0.6) is 0 Å². The highest BCUT2D eigenvalue weighted by molar-refractivity contribution is 8.13. The number of Topliss-reactive ketones (excluding diaryl/α,β-unsaturated/α-hetero) is 1. The molecule has 0 saturated carbocycles. The van der Waals surface area contributed by atoms with Crippen LogP contribution in [-0.2, 0) is 55.5 Å². The molecular weight excluding hydrogens is 1030 g/mol. The number of thioether (sulfide) groups is 1. The Morgan fingerprint density at radius 3 is 2.12 bits per heavy atom. The summed E-state index contributed by atoms with van der Waals surface area (Å²) < 4.78 is 60.8. The van der Waals surface area contributed by atoms with E-state index in [-0.39, 0.29) is 66.0 Å². The number of carbonyl (C=O) groups is 4. The quantitative estimate of drug-likeness (QED) is 0.0290. The van der Waals surface area contributed by atoms with Gasteiger partial charge in [0.25, 0.3) is 15.6 Å². The van der Waals surface area contributed by atoms with Crippen LogP contribution in [0, 0.1) is 5.41 Å². The smallest absolute Gasteiger partial charge is 0.274 e. The number of ketones is 1. The predicted molar refractivity (Wildman–Crippen MR) is 256 cm³/mol. The largest absolute Gasteiger partial charge is 0.790 e. The minimum atomic E-state index is -5.94. The van der Waals surface area contributed by atoms with E-state index in [0.29, 0.717) is 12.8 Å². The lowest BCUT2D eigenvalue weighted by Gasteiger charge is -2.36. The number of amides is 2. The van der Waals surface area contributed by atoms with E-state index in [1.54, 1.807) is 0 Å². The number of allylic oxidation sites excluding steroid dienone is 10. The summed E-state index contributed by atoms with van der Waals surface area (Å²) in [5.41, 5.74) is 4.04. The topological polar surface area (TPSA) is 392 Å². The minimum absolute atomic E-state index is 0.0289. The maximum atomic E-state index is 12.7. The molecule has 1 aliphatic heterocycles. The number of phosphoric ester groups is 3. The van der Waals surface area contributed by atoms with Crippen molar-refractivity contribution in [2.24, 2.45) is 5.41 Å². The van der Waals surface area contributed by atoms with Crippen LogP contribution in [0.4, 0.5) is 5.82 Å². The summed E-state index contributed by atoms with van der Waals surface area (Å²) in [7, 11) is -17.7. The highest BCUT2D eigenvalue weighted by atomic mass is 32.2. The zero-order chi connectivity index (χ0) is 53.4. The molecule has 1 aliphatic rings. The van der Waals surface area contributed by atoms with Crippen molar-refractivity contribution in [1.29, 1.82) is 0 Å². The summed E-state index contributed by atoms with van der Waals surface area (Å²) in [6.45, 7) is 1.99. The number of aromatic nitrogens is 4. The van der Waals surface area contributed by atoms with Gasteiger partial charge in [-0.3, -0.25) is 32.9 Å². The number of nitrogens with one attached hydrogen (secondary N) is 2. The fourth-order valence-electron chi connectivity index (χ4n) is 6.36. The molecule has 7 unspecified atom stereocenters. The number of carbonyl (C=O) groups excluding carboxylic acids is 4. The Balaban J connectivity index is 1.30. The Hall–Kier alpha value is -4.07. The first kappa shape index (κ1) is 62.2. The highest BCUT2D eigenvalue weighted by Gasteiger charge is 2.47. The Bertz CT molecular complexity index is 2390. The predicted octanol–water partition coefficient (Wildman–Crippen LogP) is 2.02. The number of phosphoric acid groups is 3. The lowest BCUT2D eigenvalue weighted by molar-refractivity contribution is -0.347. The molecule has 2 aromatic rings. The van der Waals surface area contributed by atoms with E-state index >= 15 is 0 Å². The maximum absolute atomic E-state index is 12.7. The van der Waals surface area contributed by atoms with Gasteiger partial charge in [-0.05, 0) is 44.9 Å². The molecule has 7 atom stereocenters. The molecule has 72 heavy (non-hydrogen) atoms. The van der Waals surface area contributed by atoms with E-state index in [9.17, 15) is 62.7 Å². The monoisotopic (exact) mass is 1090 g/mol. The van der Waals surface area contributed by atoms with Crippen molar-refractivity contribution in [2.75, 3.05) is 37.8 Å². The van der Waals surface area contributed by atoms with Gasteiger partial charge in [0.15, 0.2) is 22.8 Å². The molecule has 0 bridgehead atoms. The number of anilines is 1. The lowest BCUT2D eigenvalue weighted by atomic mass is 9.87. The summed E-state index contributed by atoms with van der Waals surface area (Å²) in [5, 5.41) is 26.0. The van der Waals surface area contributed by atoms with E-state index in [1.165, 1.54) is 13.8 Å². The van der Waals surface area contributed by atoms with Crippen LogP contribution >= 0.6 is 35.2 Å². The van der Waals surface area contributed by atoms with Crippen molar-refractivity contribution < 1.29 is 85.3 Å². The molecule has 0 aromatic carbocycles. The molecule has 2 amide bonds. The van der Waals surface area contributed by atoms with Gasteiger partial charge in [-0.2, -0.15) is 0 Å². The molecule has 0 spiro atoms. The summed E-state index contributed by atoms with van der Waals surface area (Å²) in [6.07, 6.45) is 19.3. The van der Waals surface area contributed by atoms with Crippen molar-refractivity contribution in [3.05, 3.63) is 73.4 Å². The van der Waals surface area contributed by atoms with Crippen LogP contribution in [0.2, 0.25) is 0 Å². The molecule has 0 radical (unpaired) electrons. The van der Waals surface area contributed by atoms with Gasteiger partial charge in [0, 0.05) is 37.1 Å². The molecule has 0 aliphatic carbocycles. The van der Waals surface area contributed by atoms with Crippen LogP contribution in [0.1, 0.15) is 91.2 Å². The summed E-state index contributed by atoms with van der Waals surface area (Å²) in [4.78, 5) is 109. The fraction of sp³-hybridized carbons (Fsp3) is 0.558. The number of nitrogens with two attached hydrogens (primary N) is 1. The number of ether oxygens (including phenoxy) is 1. The third kappa shape index (κ3) is 23.4. The second kappa shape index (κ2) is 31.0. The van der Waals surface area contributed by atoms with Crippen molar-refractivity contribution in [3.63, 3.8) is 0 Å². The molecule has 29 heteroatoms. The summed E-state index contributed by atoms with van der Waals surface area (Å²) in [6, 6.07) is 0. The third-order valence-electron chi connectivity index (χ3n) is 10.1. The van der Waals surface area contributed by atoms with E-state index < -0.39 is 84.6 Å². The van der Waals surface area contributed by atoms with Crippen molar-refractivity contribution in [1.82, 2.24) is 30.2 Å². The van der Waals surface area contributed by atoms with Crippen LogP contribution < -0.4 is 35.9 Å². The zero-order valence-electron chi connectivity index (χ0n) is 40.0. The number of fused-ring (bicyclic) bond motifs is 1. The van der Waals surface area contributed by atoms with Crippen molar-refractivity contribution in [3.8, 4) is 0 Å². The van der Waals surface area contributed by atoms with Crippen LogP contribution in [0.15, 0.2) is 73.4 Å². The second-order valence-electron chi connectivity index (χ2n) is 16.5. The Morgan fingerprint density at radius 1 is 0.889 bits per heavy atom. The summed E-state index contributed by atoms with van der Waals surface area (Å²) in [5.74, 6) is -1.62. The Labute approximate surface area is 421 Å². The number of hydrogen-bond donors (Lipinski definition) is 5.